The fraction of sp³-hybridized carbons (Fsp3) is 0.435. The molecule has 0 radical (unpaired) electrons. The van der Waals surface area contributed by atoms with Crippen LogP contribution >= 0.6 is 0 Å². The minimum atomic E-state index is -0.163. The summed E-state index contributed by atoms with van der Waals surface area (Å²) >= 11 is 0. The first-order valence-corrected chi connectivity index (χ1v) is 10.6. The van der Waals surface area contributed by atoms with Crippen LogP contribution in [0.3, 0.4) is 0 Å². The van der Waals surface area contributed by atoms with E-state index >= 15 is 0 Å². The lowest BCUT2D eigenvalue weighted by Crippen LogP contribution is -2.32. The Hall–Kier alpha value is -3.29. The predicted molar refractivity (Wildman–Crippen MR) is 115 cm³/mol. The molecule has 0 fully saturated rings. The van der Waals surface area contributed by atoms with Crippen molar-refractivity contribution in [1.29, 1.82) is 0 Å². The van der Waals surface area contributed by atoms with Crippen LogP contribution in [0.5, 0.6) is 11.5 Å². The van der Waals surface area contributed by atoms with E-state index in [4.69, 9.17) is 18.4 Å². The van der Waals surface area contributed by atoms with Gasteiger partial charge in [0.2, 0.25) is 17.6 Å². The third-order valence-corrected chi connectivity index (χ3v) is 4.69. The topological polar surface area (TPSA) is 99.6 Å². The van der Waals surface area contributed by atoms with Crippen LogP contribution in [-0.4, -0.2) is 29.3 Å². The smallest absolute Gasteiger partial charge is 0.238 e. The highest BCUT2D eigenvalue weighted by atomic mass is 16.5. The van der Waals surface area contributed by atoms with Gasteiger partial charge in [-0.05, 0) is 49.6 Å². The molecule has 0 aliphatic carbocycles. The molecule has 166 valence electrons. The molecular weight excluding hydrogens is 398 g/mol. The third kappa shape index (κ3) is 5.87. The molecule has 8 nitrogen and oxygen atoms in total. The second kappa shape index (κ2) is 10.7. The van der Waals surface area contributed by atoms with Crippen LogP contribution in [0.2, 0.25) is 0 Å². The molecule has 0 saturated carbocycles. The van der Waals surface area contributed by atoms with Crippen LogP contribution in [0.4, 0.5) is 0 Å². The van der Waals surface area contributed by atoms with Gasteiger partial charge >= 0.3 is 0 Å². The van der Waals surface area contributed by atoms with Gasteiger partial charge in [0.15, 0.2) is 17.3 Å². The third-order valence-electron chi connectivity index (χ3n) is 4.69. The predicted octanol–water partition coefficient (Wildman–Crippen LogP) is 4.57. The van der Waals surface area contributed by atoms with Gasteiger partial charge in [0.25, 0.3) is 0 Å². The molecule has 3 rings (SSSR count). The quantitative estimate of drug-likeness (QED) is 0.478. The number of hydrogen-bond acceptors (Lipinski definition) is 7. The van der Waals surface area contributed by atoms with Crippen molar-refractivity contribution in [2.45, 2.75) is 46.6 Å². The molecule has 0 saturated heterocycles. The van der Waals surface area contributed by atoms with Gasteiger partial charge in [0.1, 0.15) is 0 Å². The molecule has 3 aromatic rings. The Kier molecular flexibility index (Phi) is 7.70. The highest BCUT2D eigenvalue weighted by Gasteiger charge is 2.21. The first-order valence-electron chi connectivity index (χ1n) is 10.6. The van der Waals surface area contributed by atoms with E-state index in [1.165, 1.54) is 0 Å². The number of furan rings is 1. The Balaban J connectivity index is 1.64. The summed E-state index contributed by atoms with van der Waals surface area (Å²) in [6, 6.07) is 9.13. The van der Waals surface area contributed by atoms with E-state index in [0.717, 1.165) is 5.56 Å². The van der Waals surface area contributed by atoms with Gasteiger partial charge in [-0.1, -0.05) is 25.1 Å². The summed E-state index contributed by atoms with van der Waals surface area (Å²) in [6.45, 7) is 9.08. The van der Waals surface area contributed by atoms with Gasteiger partial charge in [0, 0.05) is 12.8 Å². The van der Waals surface area contributed by atoms with E-state index in [9.17, 15) is 4.79 Å². The number of rotatable bonds is 11. The molecule has 1 amide bonds. The van der Waals surface area contributed by atoms with Crippen LogP contribution in [0.25, 0.3) is 11.6 Å². The first-order chi connectivity index (χ1) is 15.0. The molecule has 0 aliphatic rings. The summed E-state index contributed by atoms with van der Waals surface area (Å²) in [5.74, 6) is 2.76. The van der Waals surface area contributed by atoms with Crippen molar-refractivity contribution in [3.63, 3.8) is 0 Å². The SMILES string of the molecule is CCOc1ccc([C@H](NC(=O)CCc2nc(-c3ccco3)no2)C(C)C)cc1OCC. The highest BCUT2D eigenvalue weighted by molar-refractivity contribution is 5.76. The second-order valence-electron chi connectivity index (χ2n) is 7.35. The minimum Gasteiger partial charge on any atom is -0.490 e. The summed E-state index contributed by atoms with van der Waals surface area (Å²) in [4.78, 5) is 16.9. The van der Waals surface area contributed by atoms with Crippen molar-refractivity contribution >= 4 is 5.91 Å². The van der Waals surface area contributed by atoms with Crippen LogP contribution in [0, 0.1) is 5.92 Å². The standard InChI is InChI=1S/C23H29N3O5/c1-5-28-17-10-9-16(14-19(17)29-6-2)22(15(3)4)24-20(27)11-12-21-25-23(26-31-21)18-8-7-13-30-18/h7-10,13-15,22H,5-6,11-12H2,1-4H3,(H,24,27)/t22-/m1/s1. The van der Waals surface area contributed by atoms with E-state index in [1.54, 1.807) is 18.4 Å². The molecule has 0 aliphatic heterocycles. The molecule has 8 heteroatoms. The molecule has 1 aromatic carbocycles. The number of hydrogen-bond donors (Lipinski definition) is 1. The maximum absolute atomic E-state index is 12.6. The van der Waals surface area contributed by atoms with Crippen LogP contribution in [-0.2, 0) is 11.2 Å². The molecule has 0 spiro atoms. The zero-order valence-electron chi connectivity index (χ0n) is 18.4. The fourth-order valence-corrected chi connectivity index (χ4v) is 3.22. The largest absolute Gasteiger partial charge is 0.490 e. The Labute approximate surface area is 181 Å². The van der Waals surface area contributed by atoms with Crippen LogP contribution in [0.15, 0.2) is 45.5 Å². The number of ether oxygens (including phenoxy) is 2. The Morgan fingerprint density at radius 1 is 1.13 bits per heavy atom. The zero-order valence-corrected chi connectivity index (χ0v) is 18.4. The van der Waals surface area contributed by atoms with E-state index in [0.29, 0.717) is 48.6 Å². The zero-order chi connectivity index (χ0) is 22.2. The van der Waals surface area contributed by atoms with E-state index in [1.807, 2.05) is 32.0 Å². The fourth-order valence-electron chi connectivity index (χ4n) is 3.22. The van der Waals surface area contributed by atoms with Crippen molar-refractivity contribution < 1.29 is 23.2 Å². The number of nitrogens with one attached hydrogen (secondary N) is 1. The number of aryl methyl sites for hydroxylation is 1. The summed E-state index contributed by atoms with van der Waals surface area (Å²) in [6.07, 6.45) is 2.12. The summed E-state index contributed by atoms with van der Waals surface area (Å²) in [7, 11) is 0. The van der Waals surface area contributed by atoms with Crippen LogP contribution in [0.1, 0.15) is 51.6 Å². The van der Waals surface area contributed by atoms with Gasteiger partial charge in [-0.2, -0.15) is 4.98 Å². The van der Waals surface area contributed by atoms with Gasteiger partial charge in [-0.25, -0.2) is 0 Å². The number of carbonyl (C=O) groups is 1. The Bertz CT molecular complexity index is 966. The first kappa shape index (κ1) is 22.4. The number of amides is 1. The van der Waals surface area contributed by atoms with Crippen molar-refractivity contribution in [1.82, 2.24) is 15.5 Å². The van der Waals surface area contributed by atoms with Gasteiger partial charge in [-0.3, -0.25) is 4.79 Å². The molecule has 2 aromatic heterocycles. The Morgan fingerprint density at radius 2 is 1.90 bits per heavy atom. The lowest BCUT2D eigenvalue weighted by atomic mass is 9.95. The Morgan fingerprint density at radius 3 is 2.58 bits per heavy atom. The van der Waals surface area contributed by atoms with Crippen molar-refractivity contribution in [2.75, 3.05) is 13.2 Å². The molecule has 0 unspecified atom stereocenters. The maximum atomic E-state index is 12.6. The number of nitrogens with zero attached hydrogens (tertiary/aromatic N) is 2. The van der Waals surface area contributed by atoms with Crippen molar-refractivity contribution in [3.8, 4) is 23.1 Å². The monoisotopic (exact) mass is 427 g/mol. The summed E-state index contributed by atoms with van der Waals surface area (Å²) in [5, 5.41) is 7.00. The average Bonchev–Trinajstić information content (AvgIpc) is 3.44. The molecule has 1 N–H and O–H groups in total. The van der Waals surface area contributed by atoms with Crippen molar-refractivity contribution in [2.24, 2.45) is 5.92 Å². The molecule has 0 bridgehead atoms. The summed E-state index contributed by atoms with van der Waals surface area (Å²) < 4.78 is 21.8. The number of benzene rings is 1. The van der Waals surface area contributed by atoms with E-state index in [2.05, 4.69) is 29.3 Å². The lowest BCUT2D eigenvalue weighted by Gasteiger charge is -2.24. The molecule has 1 atom stereocenters. The van der Waals surface area contributed by atoms with E-state index in [-0.39, 0.29) is 24.3 Å². The molecular formula is C23H29N3O5. The number of carbonyl (C=O) groups excluding carboxylic acids is 1. The normalized spacial score (nSPS) is 12.0. The molecule has 31 heavy (non-hydrogen) atoms. The second-order valence-corrected chi connectivity index (χ2v) is 7.35. The average molecular weight is 428 g/mol. The number of aromatic nitrogens is 2. The van der Waals surface area contributed by atoms with Crippen molar-refractivity contribution in [3.05, 3.63) is 48.0 Å². The van der Waals surface area contributed by atoms with Gasteiger partial charge in [-0.15, -0.1) is 0 Å². The maximum Gasteiger partial charge on any atom is 0.238 e. The highest BCUT2D eigenvalue weighted by Crippen LogP contribution is 2.33. The molecule has 2 heterocycles. The summed E-state index contributed by atoms with van der Waals surface area (Å²) in [5.41, 5.74) is 0.966. The van der Waals surface area contributed by atoms with Gasteiger partial charge < -0.3 is 23.7 Å². The van der Waals surface area contributed by atoms with Gasteiger partial charge in [0.05, 0.1) is 25.5 Å². The van der Waals surface area contributed by atoms with E-state index < -0.39 is 0 Å². The lowest BCUT2D eigenvalue weighted by molar-refractivity contribution is -0.122. The minimum absolute atomic E-state index is 0.0942. The van der Waals surface area contributed by atoms with Crippen LogP contribution < -0.4 is 14.8 Å².